The molecule has 1 aromatic carbocycles. The Kier molecular flexibility index (Phi) is 3.52. The molecule has 0 unspecified atom stereocenters. The average molecular weight is 245 g/mol. The number of anilines is 2. The Morgan fingerprint density at radius 3 is 2.78 bits per heavy atom. The Hall–Kier alpha value is -2.43. The molecule has 0 bridgehead atoms. The summed E-state index contributed by atoms with van der Waals surface area (Å²) in [7, 11) is 0. The van der Waals surface area contributed by atoms with Gasteiger partial charge >= 0.3 is 0 Å². The normalized spacial score (nSPS) is 10.2. The van der Waals surface area contributed by atoms with Crippen molar-refractivity contribution >= 4 is 17.3 Å². The summed E-state index contributed by atoms with van der Waals surface area (Å²) in [6.45, 7) is 0.613. The molecule has 5 heteroatoms. The van der Waals surface area contributed by atoms with Gasteiger partial charge in [-0.25, -0.2) is 0 Å². The monoisotopic (exact) mass is 245 g/mol. The lowest BCUT2D eigenvalue weighted by Gasteiger charge is -2.12. The van der Waals surface area contributed by atoms with E-state index in [2.05, 4.69) is 5.32 Å². The maximum atomic E-state index is 11.3. The summed E-state index contributed by atoms with van der Waals surface area (Å²) in [6, 6.07) is 8.80. The smallest absolute Gasteiger partial charge is 0.250 e. The number of rotatable bonds is 5. The molecular formula is C13H15N3O2. The number of carbonyl (C=O) groups is 1. The van der Waals surface area contributed by atoms with Gasteiger partial charge in [-0.05, 0) is 24.3 Å². The van der Waals surface area contributed by atoms with Crippen LogP contribution in [0.25, 0.3) is 0 Å². The van der Waals surface area contributed by atoms with Crippen LogP contribution in [0.15, 0.2) is 41.0 Å². The molecule has 2 aromatic rings. The van der Waals surface area contributed by atoms with Crippen LogP contribution in [-0.4, -0.2) is 12.5 Å². The van der Waals surface area contributed by atoms with E-state index in [0.29, 0.717) is 29.9 Å². The number of nitrogens with two attached hydrogens (primary N) is 2. The van der Waals surface area contributed by atoms with Crippen LogP contribution < -0.4 is 16.8 Å². The summed E-state index contributed by atoms with van der Waals surface area (Å²) in [5, 5.41) is 3.12. The molecule has 0 fully saturated rings. The van der Waals surface area contributed by atoms with Crippen molar-refractivity contribution in [3.8, 4) is 0 Å². The Morgan fingerprint density at radius 1 is 1.28 bits per heavy atom. The van der Waals surface area contributed by atoms with E-state index in [1.54, 1.807) is 24.5 Å². The highest BCUT2D eigenvalue weighted by Crippen LogP contribution is 2.23. The van der Waals surface area contributed by atoms with E-state index >= 15 is 0 Å². The predicted octanol–water partition coefficient (Wildman–Crippen LogP) is 1.62. The summed E-state index contributed by atoms with van der Waals surface area (Å²) in [5.74, 6) is 0.375. The molecule has 1 amide bonds. The lowest BCUT2D eigenvalue weighted by molar-refractivity contribution is 0.100. The van der Waals surface area contributed by atoms with Gasteiger partial charge in [-0.1, -0.05) is 6.07 Å². The second kappa shape index (κ2) is 5.27. The number of carbonyl (C=O) groups excluding carboxylic acids is 1. The quantitative estimate of drug-likeness (QED) is 0.697. The number of primary amides is 1. The van der Waals surface area contributed by atoms with Gasteiger partial charge in [-0.15, -0.1) is 0 Å². The highest BCUT2D eigenvalue weighted by atomic mass is 16.3. The molecule has 0 atom stereocenters. The molecule has 2 rings (SSSR count). The topological polar surface area (TPSA) is 94.3 Å². The summed E-state index contributed by atoms with van der Waals surface area (Å²) in [5.41, 5.74) is 12.6. The lowest BCUT2D eigenvalue weighted by Crippen LogP contribution is -2.16. The largest absolute Gasteiger partial charge is 0.469 e. The van der Waals surface area contributed by atoms with Gasteiger partial charge < -0.3 is 21.2 Å². The number of hydrogen-bond acceptors (Lipinski definition) is 4. The molecule has 0 aliphatic rings. The molecule has 1 heterocycles. The fourth-order valence-electron chi connectivity index (χ4n) is 1.74. The average Bonchev–Trinajstić information content (AvgIpc) is 2.84. The molecule has 1 aromatic heterocycles. The van der Waals surface area contributed by atoms with Crippen molar-refractivity contribution in [2.45, 2.75) is 6.42 Å². The van der Waals surface area contributed by atoms with Gasteiger partial charge in [0.05, 0.1) is 23.2 Å². The van der Waals surface area contributed by atoms with Crippen LogP contribution >= 0.6 is 0 Å². The van der Waals surface area contributed by atoms with Gasteiger partial charge in [-0.3, -0.25) is 4.79 Å². The number of para-hydroxylation sites is 1. The summed E-state index contributed by atoms with van der Waals surface area (Å²) in [4.78, 5) is 11.3. The molecule has 0 spiro atoms. The summed E-state index contributed by atoms with van der Waals surface area (Å²) in [6.07, 6.45) is 2.33. The summed E-state index contributed by atoms with van der Waals surface area (Å²) < 4.78 is 5.22. The van der Waals surface area contributed by atoms with E-state index in [1.807, 2.05) is 12.1 Å². The molecule has 5 N–H and O–H groups in total. The van der Waals surface area contributed by atoms with E-state index in [0.717, 1.165) is 5.76 Å². The zero-order chi connectivity index (χ0) is 13.0. The molecule has 0 radical (unpaired) electrons. The van der Waals surface area contributed by atoms with E-state index in [1.165, 1.54) is 0 Å². The second-order valence-electron chi connectivity index (χ2n) is 3.89. The Bertz CT molecular complexity index is 535. The van der Waals surface area contributed by atoms with Crippen LogP contribution in [-0.2, 0) is 6.42 Å². The number of nitrogen functional groups attached to an aromatic ring is 1. The zero-order valence-electron chi connectivity index (χ0n) is 9.85. The first-order chi connectivity index (χ1) is 8.68. The van der Waals surface area contributed by atoms with E-state index in [-0.39, 0.29) is 0 Å². The third-order valence-electron chi connectivity index (χ3n) is 2.62. The molecule has 5 nitrogen and oxygen atoms in total. The Labute approximate surface area is 105 Å². The maximum Gasteiger partial charge on any atom is 0.250 e. The highest BCUT2D eigenvalue weighted by Gasteiger charge is 2.10. The Balaban J connectivity index is 2.06. The standard InChI is InChI=1S/C13H15N3O2/c14-11-5-1-4-10(13(15)17)12(11)16-7-6-9-3-2-8-18-9/h1-5,8,16H,6-7,14H2,(H2,15,17). The Morgan fingerprint density at radius 2 is 2.11 bits per heavy atom. The van der Waals surface area contributed by atoms with Crippen molar-refractivity contribution < 1.29 is 9.21 Å². The van der Waals surface area contributed by atoms with Gasteiger partial charge in [0.1, 0.15) is 5.76 Å². The van der Waals surface area contributed by atoms with Gasteiger partial charge in [0.25, 0.3) is 5.91 Å². The minimum absolute atomic E-state index is 0.398. The number of furan rings is 1. The molecule has 94 valence electrons. The molecule has 0 aliphatic carbocycles. The molecular weight excluding hydrogens is 230 g/mol. The van der Waals surface area contributed by atoms with Crippen molar-refractivity contribution in [3.05, 3.63) is 47.9 Å². The number of hydrogen-bond donors (Lipinski definition) is 3. The fourth-order valence-corrected chi connectivity index (χ4v) is 1.74. The van der Waals surface area contributed by atoms with Crippen LogP contribution in [0, 0.1) is 0 Å². The van der Waals surface area contributed by atoms with Crippen LogP contribution in [0.3, 0.4) is 0 Å². The lowest BCUT2D eigenvalue weighted by atomic mass is 10.1. The SMILES string of the molecule is NC(=O)c1cccc(N)c1NCCc1ccco1. The van der Waals surface area contributed by atoms with Crippen molar-refractivity contribution in [1.82, 2.24) is 0 Å². The van der Waals surface area contributed by atoms with Crippen molar-refractivity contribution in [1.29, 1.82) is 0 Å². The van der Waals surface area contributed by atoms with Crippen LogP contribution in [0.2, 0.25) is 0 Å². The van der Waals surface area contributed by atoms with Crippen LogP contribution in [0.1, 0.15) is 16.1 Å². The van der Waals surface area contributed by atoms with Gasteiger partial charge in [0.2, 0.25) is 0 Å². The number of nitrogens with one attached hydrogen (secondary N) is 1. The molecule has 18 heavy (non-hydrogen) atoms. The van der Waals surface area contributed by atoms with Crippen molar-refractivity contribution in [2.75, 3.05) is 17.6 Å². The number of benzene rings is 1. The first-order valence-corrected chi connectivity index (χ1v) is 5.63. The van der Waals surface area contributed by atoms with Crippen molar-refractivity contribution in [3.63, 3.8) is 0 Å². The minimum atomic E-state index is -0.497. The fraction of sp³-hybridized carbons (Fsp3) is 0.154. The zero-order valence-corrected chi connectivity index (χ0v) is 9.85. The first kappa shape index (κ1) is 12.0. The van der Waals surface area contributed by atoms with Crippen LogP contribution in [0.5, 0.6) is 0 Å². The molecule has 0 saturated heterocycles. The summed E-state index contributed by atoms with van der Waals surface area (Å²) >= 11 is 0. The van der Waals surface area contributed by atoms with Gasteiger partial charge in [0.15, 0.2) is 0 Å². The highest BCUT2D eigenvalue weighted by molar-refractivity contribution is 6.01. The van der Waals surface area contributed by atoms with Gasteiger partial charge in [0, 0.05) is 13.0 Å². The van der Waals surface area contributed by atoms with Crippen molar-refractivity contribution in [2.24, 2.45) is 5.73 Å². The third kappa shape index (κ3) is 2.63. The molecule has 0 saturated carbocycles. The number of amides is 1. The third-order valence-corrected chi connectivity index (χ3v) is 2.62. The predicted molar refractivity (Wildman–Crippen MR) is 70.3 cm³/mol. The van der Waals surface area contributed by atoms with E-state index in [9.17, 15) is 4.79 Å². The maximum absolute atomic E-state index is 11.3. The first-order valence-electron chi connectivity index (χ1n) is 5.63. The van der Waals surface area contributed by atoms with E-state index in [4.69, 9.17) is 15.9 Å². The minimum Gasteiger partial charge on any atom is -0.469 e. The van der Waals surface area contributed by atoms with Crippen LogP contribution in [0.4, 0.5) is 11.4 Å². The van der Waals surface area contributed by atoms with E-state index < -0.39 is 5.91 Å². The second-order valence-corrected chi connectivity index (χ2v) is 3.89. The van der Waals surface area contributed by atoms with Gasteiger partial charge in [-0.2, -0.15) is 0 Å². The molecule has 0 aliphatic heterocycles.